The summed E-state index contributed by atoms with van der Waals surface area (Å²) < 4.78 is 13.4. The first-order valence-corrected chi connectivity index (χ1v) is 6.02. The molecule has 2 rings (SSSR count). The van der Waals surface area contributed by atoms with Crippen molar-refractivity contribution in [3.63, 3.8) is 0 Å². The molecule has 86 valence electrons. The largest absolute Gasteiger partial charge is 0.385 e. The van der Waals surface area contributed by atoms with E-state index in [0.29, 0.717) is 10.0 Å². The molecule has 1 aromatic rings. The molecule has 0 saturated heterocycles. The Balaban J connectivity index is 2.05. The molecule has 16 heavy (non-hydrogen) atoms. The van der Waals surface area contributed by atoms with E-state index in [1.807, 2.05) is 0 Å². The van der Waals surface area contributed by atoms with Crippen molar-refractivity contribution in [3.05, 3.63) is 34.1 Å². The van der Waals surface area contributed by atoms with Crippen molar-refractivity contribution in [1.29, 1.82) is 0 Å². The normalized spacial score (nSPS) is 17.2. The van der Waals surface area contributed by atoms with Gasteiger partial charge in [-0.2, -0.15) is 0 Å². The molecule has 1 saturated carbocycles. The molecule has 1 aromatic carbocycles. The Morgan fingerprint density at radius 2 is 2.25 bits per heavy atom. The van der Waals surface area contributed by atoms with Gasteiger partial charge in [0.05, 0.1) is 0 Å². The summed E-state index contributed by atoms with van der Waals surface area (Å²) in [6.45, 7) is 0. The van der Waals surface area contributed by atoms with Gasteiger partial charge in [-0.15, -0.1) is 0 Å². The maximum absolute atomic E-state index is 12.8. The summed E-state index contributed by atoms with van der Waals surface area (Å²) in [5.41, 5.74) is 0.714. The van der Waals surface area contributed by atoms with E-state index in [1.165, 1.54) is 12.1 Å². The third-order valence-electron chi connectivity index (χ3n) is 2.78. The quantitative estimate of drug-likeness (QED) is 0.923. The maximum Gasteiger partial charge on any atom is 0.165 e. The van der Waals surface area contributed by atoms with E-state index in [0.717, 1.165) is 12.8 Å². The Morgan fingerprint density at radius 3 is 2.81 bits per heavy atom. The second-order valence-electron chi connectivity index (χ2n) is 4.16. The Morgan fingerprint density at radius 1 is 1.56 bits per heavy atom. The van der Waals surface area contributed by atoms with Crippen molar-refractivity contribution >= 4 is 21.7 Å². The first-order valence-electron chi connectivity index (χ1n) is 5.22. The van der Waals surface area contributed by atoms with Crippen molar-refractivity contribution in [2.75, 3.05) is 0 Å². The summed E-state index contributed by atoms with van der Waals surface area (Å²) in [5.74, 6) is -0.382. The number of halogens is 2. The summed E-state index contributed by atoms with van der Waals surface area (Å²) in [4.78, 5) is 11.7. The number of hydrogen-bond donors (Lipinski definition) is 1. The van der Waals surface area contributed by atoms with Crippen LogP contribution in [0.25, 0.3) is 0 Å². The molecule has 1 N–H and O–H groups in total. The molecule has 0 aliphatic heterocycles. The lowest BCUT2D eigenvalue weighted by Crippen LogP contribution is -2.24. The van der Waals surface area contributed by atoms with Crippen LogP contribution in [0.15, 0.2) is 22.7 Å². The van der Waals surface area contributed by atoms with Crippen LogP contribution in [0.1, 0.15) is 18.4 Å². The fraction of sp³-hybridized carbons (Fsp3) is 0.417. The molecule has 1 fully saturated rings. The van der Waals surface area contributed by atoms with Crippen molar-refractivity contribution in [2.24, 2.45) is 5.92 Å². The summed E-state index contributed by atoms with van der Waals surface area (Å²) in [6.07, 6.45) is 1.16. The average molecular weight is 287 g/mol. The van der Waals surface area contributed by atoms with Gasteiger partial charge in [0.25, 0.3) is 0 Å². The average Bonchev–Trinajstić information content (AvgIpc) is 3.04. The van der Waals surface area contributed by atoms with Crippen molar-refractivity contribution < 1.29 is 14.3 Å². The van der Waals surface area contributed by atoms with Crippen LogP contribution in [0, 0.1) is 11.7 Å². The van der Waals surface area contributed by atoms with Crippen LogP contribution in [0.2, 0.25) is 0 Å². The summed E-state index contributed by atoms with van der Waals surface area (Å²) in [7, 11) is 0. The number of benzene rings is 1. The highest BCUT2D eigenvalue weighted by Gasteiger charge is 2.34. The van der Waals surface area contributed by atoms with Crippen LogP contribution in [0.5, 0.6) is 0 Å². The van der Waals surface area contributed by atoms with Gasteiger partial charge in [-0.05, 0) is 36.5 Å². The molecular formula is C12H12BrFO2. The second-order valence-corrected chi connectivity index (χ2v) is 5.02. The molecule has 0 bridgehead atoms. The second kappa shape index (κ2) is 4.63. The highest BCUT2D eigenvalue weighted by Crippen LogP contribution is 2.33. The van der Waals surface area contributed by atoms with Gasteiger partial charge in [0.1, 0.15) is 11.9 Å². The molecule has 1 atom stereocenters. The third-order valence-corrected chi connectivity index (χ3v) is 3.52. The molecule has 1 aliphatic carbocycles. The number of hydrogen-bond acceptors (Lipinski definition) is 2. The number of carbonyl (C=O) groups is 1. The maximum atomic E-state index is 12.8. The van der Waals surface area contributed by atoms with Crippen molar-refractivity contribution in [3.8, 4) is 0 Å². The van der Waals surface area contributed by atoms with Gasteiger partial charge in [-0.1, -0.05) is 22.0 Å². The molecule has 0 amide bonds. The van der Waals surface area contributed by atoms with Crippen LogP contribution >= 0.6 is 15.9 Å². The van der Waals surface area contributed by atoms with E-state index in [-0.39, 0.29) is 23.9 Å². The van der Waals surface area contributed by atoms with E-state index in [9.17, 15) is 14.3 Å². The standard InChI is InChI=1S/C12H12BrFO2/c13-10-6-9(14)4-3-8(10)5-11(15)12(16)7-1-2-7/h3-4,6-7,12,16H,1-2,5H2. The fourth-order valence-corrected chi connectivity index (χ4v) is 2.12. The summed E-state index contributed by atoms with van der Waals surface area (Å²) in [5, 5.41) is 9.63. The topological polar surface area (TPSA) is 37.3 Å². The third kappa shape index (κ3) is 2.68. The number of carbonyl (C=O) groups excluding carboxylic acids is 1. The number of rotatable bonds is 4. The van der Waals surface area contributed by atoms with Gasteiger partial charge in [-0.25, -0.2) is 4.39 Å². The van der Waals surface area contributed by atoms with E-state index in [4.69, 9.17) is 0 Å². The van der Waals surface area contributed by atoms with Crippen LogP contribution in [0.4, 0.5) is 4.39 Å². The number of ketones is 1. The van der Waals surface area contributed by atoms with Crippen molar-refractivity contribution in [2.45, 2.75) is 25.4 Å². The predicted octanol–water partition coefficient (Wildman–Crippen LogP) is 2.47. The number of Topliss-reactive ketones (excluding diaryl/α,β-unsaturated/α-hetero) is 1. The minimum Gasteiger partial charge on any atom is -0.385 e. The molecule has 0 aromatic heterocycles. The Bertz CT molecular complexity index is 415. The molecule has 0 heterocycles. The highest BCUT2D eigenvalue weighted by molar-refractivity contribution is 9.10. The fourth-order valence-electron chi connectivity index (χ4n) is 1.63. The number of aliphatic hydroxyl groups excluding tert-OH is 1. The molecule has 1 aliphatic rings. The van der Waals surface area contributed by atoms with E-state index >= 15 is 0 Å². The van der Waals surface area contributed by atoms with Crippen LogP contribution < -0.4 is 0 Å². The molecule has 1 unspecified atom stereocenters. The SMILES string of the molecule is O=C(Cc1ccc(F)cc1Br)C(O)C1CC1. The van der Waals surface area contributed by atoms with E-state index in [2.05, 4.69) is 15.9 Å². The minimum absolute atomic E-state index is 0.145. The lowest BCUT2D eigenvalue weighted by Gasteiger charge is -2.09. The summed E-state index contributed by atoms with van der Waals surface area (Å²) >= 11 is 3.20. The Kier molecular flexibility index (Phi) is 3.40. The van der Waals surface area contributed by atoms with Crippen LogP contribution in [0.3, 0.4) is 0 Å². The van der Waals surface area contributed by atoms with Gasteiger partial charge < -0.3 is 5.11 Å². The van der Waals surface area contributed by atoms with Gasteiger partial charge in [-0.3, -0.25) is 4.79 Å². The smallest absolute Gasteiger partial charge is 0.165 e. The molecule has 0 spiro atoms. The molecule has 4 heteroatoms. The monoisotopic (exact) mass is 286 g/mol. The van der Waals surface area contributed by atoms with Gasteiger partial charge in [0.15, 0.2) is 5.78 Å². The zero-order valence-electron chi connectivity index (χ0n) is 8.62. The molecule has 2 nitrogen and oxygen atoms in total. The first-order chi connectivity index (χ1) is 7.58. The van der Waals surface area contributed by atoms with Gasteiger partial charge >= 0.3 is 0 Å². The van der Waals surface area contributed by atoms with Gasteiger partial charge in [0.2, 0.25) is 0 Å². The van der Waals surface area contributed by atoms with E-state index < -0.39 is 6.10 Å². The molecular weight excluding hydrogens is 275 g/mol. The zero-order valence-corrected chi connectivity index (χ0v) is 10.2. The lowest BCUT2D eigenvalue weighted by atomic mass is 10.0. The van der Waals surface area contributed by atoms with Gasteiger partial charge in [0, 0.05) is 10.9 Å². The summed E-state index contributed by atoms with van der Waals surface area (Å²) in [6, 6.07) is 4.21. The highest BCUT2D eigenvalue weighted by atomic mass is 79.9. The Labute approximate surface area is 102 Å². The lowest BCUT2D eigenvalue weighted by molar-refractivity contribution is -0.127. The predicted molar refractivity (Wildman–Crippen MR) is 61.5 cm³/mol. The minimum atomic E-state index is -0.850. The van der Waals surface area contributed by atoms with Crippen LogP contribution in [-0.4, -0.2) is 17.0 Å². The zero-order chi connectivity index (χ0) is 11.7. The molecule has 0 radical (unpaired) electrons. The van der Waals surface area contributed by atoms with E-state index in [1.54, 1.807) is 6.07 Å². The first kappa shape index (κ1) is 11.7. The van der Waals surface area contributed by atoms with Crippen LogP contribution in [-0.2, 0) is 11.2 Å². The number of aliphatic hydroxyl groups is 1. The van der Waals surface area contributed by atoms with Crippen molar-refractivity contribution in [1.82, 2.24) is 0 Å². The Hall–Kier alpha value is -0.740.